The summed E-state index contributed by atoms with van der Waals surface area (Å²) in [5.41, 5.74) is 0. The van der Waals surface area contributed by atoms with Crippen molar-refractivity contribution in [1.29, 1.82) is 0 Å². The molecule has 264 valence electrons. The van der Waals surface area contributed by atoms with E-state index in [4.69, 9.17) is 19.0 Å². The van der Waals surface area contributed by atoms with Crippen LogP contribution >= 0.6 is 7.82 Å². The molecule has 0 rings (SSSR count). The topological polar surface area (TPSA) is 112 Å². The first-order valence-corrected chi connectivity index (χ1v) is 19.5. The van der Waals surface area contributed by atoms with Crippen LogP contribution in [0, 0.1) is 0 Å². The van der Waals surface area contributed by atoms with E-state index in [1.54, 1.807) is 0 Å². The first-order valence-electron chi connectivity index (χ1n) is 18.0. The van der Waals surface area contributed by atoms with Crippen LogP contribution < -0.4 is 0 Å². The van der Waals surface area contributed by atoms with E-state index in [0.717, 1.165) is 19.3 Å². The van der Waals surface area contributed by atoms with E-state index in [2.05, 4.69) is 11.8 Å². The predicted molar refractivity (Wildman–Crippen MR) is 180 cm³/mol. The molecule has 2 N–H and O–H groups in total. The Hall–Kier alpha value is -0.540. The highest BCUT2D eigenvalue weighted by molar-refractivity contribution is 7.47. The molecule has 0 aromatic rings. The number of esters is 1. The van der Waals surface area contributed by atoms with E-state index >= 15 is 0 Å². The minimum atomic E-state index is -4.29. The highest BCUT2D eigenvalue weighted by Gasteiger charge is 2.25. The predicted octanol–water partition coefficient (Wildman–Crippen LogP) is 9.61. The maximum atomic E-state index is 12.0. The van der Waals surface area contributed by atoms with E-state index < -0.39 is 20.5 Å². The van der Waals surface area contributed by atoms with Crippen LogP contribution in [0.1, 0.15) is 161 Å². The number of phosphoric acid groups is 1. The summed E-state index contributed by atoms with van der Waals surface area (Å²) in [6.45, 7) is 2.13. The fourth-order valence-corrected chi connectivity index (χ4v) is 5.81. The van der Waals surface area contributed by atoms with E-state index in [0.29, 0.717) is 17.4 Å². The number of rotatable bonds is 34. The van der Waals surface area contributed by atoms with Gasteiger partial charge in [0.2, 0.25) is 0 Å². The quantitative estimate of drug-likeness (QED) is 0.0177. The van der Waals surface area contributed by atoms with E-state index in [1.165, 1.54) is 128 Å². The molecule has 0 aromatic carbocycles. The number of hydrogen-bond acceptors (Lipinski definition) is 7. The minimum Gasteiger partial charge on any atom is -0.463 e. The first-order chi connectivity index (χ1) is 21.1. The lowest BCUT2D eigenvalue weighted by atomic mass is 10.0. The van der Waals surface area contributed by atoms with Crippen molar-refractivity contribution in [3.63, 3.8) is 0 Å². The van der Waals surface area contributed by atoms with Gasteiger partial charge in [-0.25, -0.2) is 9.45 Å². The second kappa shape index (κ2) is 29.8. The van der Waals surface area contributed by atoms with Crippen LogP contribution in [0.15, 0.2) is 0 Å². The third-order valence-corrected chi connectivity index (χ3v) is 8.99. The maximum Gasteiger partial charge on any atom is 0.472 e. The standard InChI is InChI=1S/C34H70NO8P/c1-5-6-7-8-9-10-11-12-13-14-15-16-17-18-19-20-21-22-23-24-25-26-27-28-34(36)40-31-33(43-37)32-42-44(38,39)41-30-29-35(2,3)4/h33H,5-32H2,1-4H3,(H-,37,38,39)/p+1/t33-/m1/s1. The van der Waals surface area contributed by atoms with Gasteiger partial charge in [-0.2, -0.15) is 0 Å². The van der Waals surface area contributed by atoms with Crippen LogP contribution in [0.4, 0.5) is 0 Å². The number of carbonyl (C=O) groups excluding carboxylic acids is 1. The Labute approximate surface area is 270 Å². The zero-order valence-corrected chi connectivity index (χ0v) is 30.0. The highest BCUT2D eigenvalue weighted by Crippen LogP contribution is 2.43. The SMILES string of the molecule is CCCCCCCCCCCCCCCCCCCCCCCCCC(=O)OC[C@H](COP(=O)(O)OCC[N+](C)(C)C)OO. The van der Waals surface area contributed by atoms with Crippen molar-refractivity contribution in [3.8, 4) is 0 Å². The van der Waals surface area contributed by atoms with Crippen molar-refractivity contribution in [2.45, 2.75) is 167 Å². The number of hydrogen-bond donors (Lipinski definition) is 2. The molecule has 0 fully saturated rings. The van der Waals surface area contributed by atoms with Crippen LogP contribution in [0.25, 0.3) is 0 Å². The monoisotopic (exact) mass is 652 g/mol. The largest absolute Gasteiger partial charge is 0.472 e. The molecule has 0 aliphatic carbocycles. The number of ether oxygens (including phenoxy) is 1. The summed E-state index contributed by atoms with van der Waals surface area (Å²) < 4.78 is 27.4. The molecule has 0 heterocycles. The first kappa shape index (κ1) is 43.5. The number of carbonyl (C=O) groups is 1. The van der Waals surface area contributed by atoms with E-state index in [1.807, 2.05) is 21.1 Å². The van der Waals surface area contributed by atoms with Crippen LogP contribution in [0.3, 0.4) is 0 Å². The lowest BCUT2D eigenvalue weighted by Gasteiger charge is -2.24. The van der Waals surface area contributed by atoms with Gasteiger partial charge in [-0.1, -0.05) is 148 Å². The molecule has 0 saturated heterocycles. The summed E-state index contributed by atoms with van der Waals surface area (Å²) in [6.07, 6.45) is 29.7. The molecular formula is C34H71NO8P+. The normalized spacial score (nSPS) is 14.0. The van der Waals surface area contributed by atoms with Crippen molar-refractivity contribution < 1.29 is 42.7 Å². The molecule has 0 radical (unpaired) electrons. The van der Waals surface area contributed by atoms with Crippen molar-refractivity contribution in [2.24, 2.45) is 0 Å². The molecule has 0 spiro atoms. The van der Waals surface area contributed by atoms with Gasteiger partial charge in [0.1, 0.15) is 19.8 Å². The molecule has 2 atom stereocenters. The summed E-state index contributed by atoms with van der Waals surface area (Å²) in [4.78, 5) is 25.9. The van der Waals surface area contributed by atoms with Crippen LogP contribution in [-0.2, 0) is 28.0 Å². The number of nitrogens with zero attached hydrogens (tertiary/aromatic N) is 1. The average Bonchev–Trinajstić information content (AvgIpc) is 2.96. The van der Waals surface area contributed by atoms with Crippen LogP contribution in [-0.4, -0.2) is 74.2 Å². The Morgan fingerprint density at radius 1 is 0.636 bits per heavy atom. The summed E-state index contributed by atoms with van der Waals surface area (Å²) in [5, 5.41) is 9.00. The minimum absolute atomic E-state index is 0.0382. The van der Waals surface area contributed by atoms with Gasteiger partial charge < -0.3 is 14.1 Å². The van der Waals surface area contributed by atoms with Crippen LogP contribution in [0.5, 0.6) is 0 Å². The van der Waals surface area contributed by atoms with Crippen molar-refractivity contribution >= 4 is 13.8 Å². The average molecular weight is 653 g/mol. The molecule has 0 amide bonds. The van der Waals surface area contributed by atoms with E-state index in [-0.39, 0.29) is 19.2 Å². The van der Waals surface area contributed by atoms with Gasteiger partial charge in [-0.05, 0) is 6.42 Å². The Morgan fingerprint density at radius 2 is 1.02 bits per heavy atom. The molecule has 0 aliphatic heterocycles. The van der Waals surface area contributed by atoms with Crippen LogP contribution in [0.2, 0.25) is 0 Å². The number of phosphoric ester groups is 1. The number of quaternary nitrogens is 1. The van der Waals surface area contributed by atoms with Gasteiger partial charge >= 0.3 is 13.8 Å². The van der Waals surface area contributed by atoms with Crippen molar-refractivity contribution in [2.75, 3.05) is 47.5 Å². The Kier molecular flexibility index (Phi) is 29.5. The smallest absolute Gasteiger partial charge is 0.463 e. The van der Waals surface area contributed by atoms with Gasteiger partial charge in [-0.15, -0.1) is 0 Å². The summed E-state index contributed by atoms with van der Waals surface area (Å²) in [5.74, 6) is -0.387. The van der Waals surface area contributed by atoms with Gasteiger partial charge in [0, 0.05) is 6.42 Å². The Bertz CT molecular complexity index is 689. The summed E-state index contributed by atoms with van der Waals surface area (Å²) in [7, 11) is 1.50. The zero-order chi connectivity index (χ0) is 32.8. The molecule has 0 aromatic heterocycles. The molecule has 1 unspecified atom stereocenters. The third-order valence-electron chi connectivity index (χ3n) is 8.00. The zero-order valence-electron chi connectivity index (χ0n) is 29.1. The van der Waals surface area contributed by atoms with Crippen molar-refractivity contribution in [1.82, 2.24) is 0 Å². The second-order valence-corrected chi connectivity index (χ2v) is 15.0. The molecule has 44 heavy (non-hydrogen) atoms. The third kappa shape index (κ3) is 32.8. The second-order valence-electron chi connectivity index (χ2n) is 13.6. The Morgan fingerprint density at radius 3 is 1.39 bits per heavy atom. The number of unbranched alkanes of at least 4 members (excludes halogenated alkanes) is 22. The lowest BCUT2D eigenvalue weighted by molar-refractivity contribution is -0.870. The van der Waals surface area contributed by atoms with Gasteiger partial charge in [0.25, 0.3) is 0 Å². The van der Waals surface area contributed by atoms with E-state index in [9.17, 15) is 14.3 Å². The molecule has 0 saturated carbocycles. The lowest BCUT2D eigenvalue weighted by Crippen LogP contribution is -2.37. The Balaban J connectivity index is 3.47. The fourth-order valence-electron chi connectivity index (χ4n) is 5.07. The summed E-state index contributed by atoms with van der Waals surface area (Å²) >= 11 is 0. The molecule has 10 heteroatoms. The molecular weight excluding hydrogens is 581 g/mol. The van der Waals surface area contributed by atoms with Gasteiger partial charge in [0.05, 0.1) is 27.7 Å². The molecule has 9 nitrogen and oxygen atoms in total. The van der Waals surface area contributed by atoms with Gasteiger partial charge in [-0.3, -0.25) is 19.1 Å². The molecule has 0 aliphatic rings. The van der Waals surface area contributed by atoms with Crippen molar-refractivity contribution in [3.05, 3.63) is 0 Å². The van der Waals surface area contributed by atoms with Gasteiger partial charge in [0.15, 0.2) is 6.10 Å². The number of likely N-dealkylation sites (N-methyl/N-ethyl adjacent to an activating group) is 1. The maximum absolute atomic E-state index is 12.0. The molecule has 0 bridgehead atoms. The highest BCUT2D eigenvalue weighted by atomic mass is 31.2. The summed E-state index contributed by atoms with van der Waals surface area (Å²) in [6, 6.07) is 0. The fraction of sp³-hybridized carbons (Fsp3) is 0.971.